The van der Waals surface area contributed by atoms with Crippen LogP contribution in [0.15, 0.2) is 59.2 Å². The van der Waals surface area contributed by atoms with Gasteiger partial charge < -0.3 is 0 Å². The highest BCUT2D eigenvalue weighted by Gasteiger charge is 2.59. The standard InChI is InChI=1S/C45H60/c1-26(2)39-25-45(27(3)4,40-21-33(20-36(39)40)44-22-28-15-29(23-44)17-30(16-28)24-44)41-37-18-31(42(5,6)7)11-13-34(37)35-14-12-32(19-38(35)41)43(8,9)10/h11-14,18-19,21,26-30,39,41H,15-17,20,22-25H2,1-10H3. The van der Waals surface area contributed by atoms with Gasteiger partial charge in [0.15, 0.2) is 0 Å². The summed E-state index contributed by atoms with van der Waals surface area (Å²) >= 11 is 0. The summed E-state index contributed by atoms with van der Waals surface area (Å²) in [7, 11) is 0. The van der Waals surface area contributed by atoms with Crippen molar-refractivity contribution in [1.29, 1.82) is 0 Å². The third kappa shape index (κ3) is 4.35. The highest BCUT2D eigenvalue weighted by atomic mass is 14.6. The quantitative estimate of drug-likeness (QED) is 0.327. The molecule has 240 valence electrons. The van der Waals surface area contributed by atoms with Gasteiger partial charge in [-0.1, -0.05) is 123 Å². The van der Waals surface area contributed by atoms with Crippen molar-refractivity contribution in [3.05, 3.63) is 81.4 Å². The van der Waals surface area contributed by atoms with Gasteiger partial charge in [0.1, 0.15) is 0 Å². The van der Waals surface area contributed by atoms with Crippen molar-refractivity contribution in [3.8, 4) is 11.1 Å². The molecule has 45 heavy (non-hydrogen) atoms. The zero-order valence-electron chi connectivity index (χ0n) is 30.2. The minimum atomic E-state index is 0.126. The van der Waals surface area contributed by atoms with Gasteiger partial charge in [0.2, 0.25) is 0 Å². The second-order valence-electron chi connectivity index (χ2n) is 19.8. The van der Waals surface area contributed by atoms with Crippen molar-refractivity contribution in [2.45, 2.75) is 137 Å². The van der Waals surface area contributed by atoms with Crippen molar-refractivity contribution in [3.63, 3.8) is 0 Å². The molecule has 0 amide bonds. The summed E-state index contributed by atoms with van der Waals surface area (Å²) in [6.45, 7) is 24.6. The molecule has 0 nitrogen and oxygen atoms in total. The van der Waals surface area contributed by atoms with Crippen molar-refractivity contribution in [2.24, 2.45) is 46.3 Å². The van der Waals surface area contributed by atoms with Gasteiger partial charge in [0.25, 0.3) is 0 Å². The molecule has 2 atom stereocenters. The van der Waals surface area contributed by atoms with Crippen LogP contribution in [0.1, 0.15) is 149 Å². The molecule has 7 aliphatic rings. The van der Waals surface area contributed by atoms with E-state index in [4.69, 9.17) is 0 Å². The van der Waals surface area contributed by atoms with E-state index < -0.39 is 0 Å². The van der Waals surface area contributed by atoms with E-state index >= 15 is 0 Å². The first-order valence-electron chi connectivity index (χ1n) is 18.8. The highest BCUT2D eigenvalue weighted by molar-refractivity contribution is 5.81. The molecule has 0 spiro atoms. The Morgan fingerprint density at radius 2 is 1.16 bits per heavy atom. The summed E-state index contributed by atoms with van der Waals surface area (Å²) in [6, 6.07) is 15.2. The lowest BCUT2D eigenvalue weighted by molar-refractivity contribution is -0.0315. The van der Waals surface area contributed by atoms with E-state index in [1.165, 1.54) is 73.6 Å². The number of fused-ring (bicyclic) bond motifs is 3. The molecule has 0 heteroatoms. The summed E-state index contributed by atoms with van der Waals surface area (Å²) in [4.78, 5) is 0. The Morgan fingerprint density at radius 1 is 0.667 bits per heavy atom. The van der Waals surface area contributed by atoms with Crippen LogP contribution in [0.2, 0.25) is 0 Å². The van der Waals surface area contributed by atoms with Crippen LogP contribution in [0.5, 0.6) is 0 Å². The average Bonchev–Trinajstić information content (AvgIpc) is 3.61. The first kappa shape index (κ1) is 30.3. The molecule has 2 aromatic carbocycles. The molecule has 2 aromatic rings. The molecule has 4 saturated carbocycles. The Balaban J connectivity index is 1.34. The molecule has 4 fully saturated rings. The summed E-state index contributed by atoms with van der Waals surface area (Å²) in [5, 5.41) is 0. The number of allylic oxidation sites excluding steroid dienone is 4. The number of rotatable bonds is 4. The van der Waals surface area contributed by atoms with E-state index in [0.717, 1.165) is 17.8 Å². The lowest BCUT2D eigenvalue weighted by Crippen LogP contribution is -2.47. The Labute approximate surface area is 275 Å². The van der Waals surface area contributed by atoms with Crippen LogP contribution < -0.4 is 0 Å². The van der Waals surface area contributed by atoms with E-state index in [0.29, 0.717) is 29.1 Å². The summed E-state index contributed by atoms with van der Waals surface area (Å²) < 4.78 is 0. The smallest absolute Gasteiger partial charge is 0.0201 e. The fourth-order valence-corrected chi connectivity index (χ4v) is 12.4. The van der Waals surface area contributed by atoms with Crippen molar-refractivity contribution < 1.29 is 0 Å². The van der Waals surface area contributed by atoms with Gasteiger partial charge in [-0.3, -0.25) is 0 Å². The average molecular weight is 601 g/mol. The van der Waals surface area contributed by atoms with Crippen molar-refractivity contribution in [2.75, 3.05) is 0 Å². The van der Waals surface area contributed by atoms with Crippen LogP contribution in [0.25, 0.3) is 11.1 Å². The Kier molecular flexibility index (Phi) is 6.55. The monoisotopic (exact) mass is 600 g/mol. The van der Waals surface area contributed by atoms with Crippen LogP contribution >= 0.6 is 0 Å². The first-order chi connectivity index (χ1) is 21.1. The molecule has 9 rings (SSSR count). The lowest BCUT2D eigenvalue weighted by Gasteiger charge is -2.58. The van der Waals surface area contributed by atoms with E-state index in [9.17, 15) is 0 Å². The summed E-state index contributed by atoms with van der Waals surface area (Å²) in [5.41, 5.74) is 15.6. The van der Waals surface area contributed by atoms with Gasteiger partial charge in [-0.25, -0.2) is 0 Å². The van der Waals surface area contributed by atoms with Gasteiger partial charge >= 0.3 is 0 Å². The molecule has 0 N–H and O–H groups in total. The molecule has 0 saturated heterocycles. The summed E-state index contributed by atoms with van der Waals surface area (Å²) in [6.07, 6.45) is 14.6. The molecule has 0 heterocycles. The zero-order chi connectivity index (χ0) is 31.8. The number of benzene rings is 2. The van der Waals surface area contributed by atoms with Gasteiger partial charge in [0.05, 0.1) is 0 Å². The second-order valence-corrected chi connectivity index (χ2v) is 19.8. The Morgan fingerprint density at radius 3 is 1.58 bits per heavy atom. The van der Waals surface area contributed by atoms with Crippen LogP contribution in [0, 0.1) is 46.3 Å². The number of hydrogen-bond donors (Lipinski definition) is 0. The normalized spacial score (nSPS) is 33.8. The minimum Gasteiger partial charge on any atom is -0.0622 e. The molecule has 0 radical (unpaired) electrons. The number of hydrogen-bond acceptors (Lipinski definition) is 0. The Bertz CT molecular complexity index is 1510. The van der Waals surface area contributed by atoms with Crippen molar-refractivity contribution >= 4 is 0 Å². The topological polar surface area (TPSA) is 0 Å². The maximum Gasteiger partial charge on any atom is 0.0201 e. The van der Waals surface area contributed by atoms with Crippen LogP contribution in [0.3, 0.4) is 0 Å². The molecule has 7 aliphatic carbocycles. The molecule has 0 aliphatic heterocycles. The minimum absolute atomic E-state index is 0.126. The molecule has 4 bridgehead atoms. The zero-order valence-corrected chi connectivity index (χ0v) is 30.2. The van der Waals surface area contributed by atoms with Crippen LogP contribution in [-0.4, -0.2) is 0 Å². The SMILES string of the molecule is CC(C)C1CC(C(C)C)(C2c3cc(C(C)(C)C)ccc3-c3ccc(C(C)(C)C)cc32)C2=C1CC(C13CC4CC(CC(C4)C1)C3)=C2. The van der Waals surface area contributed by atoms with E-state index in [1.807, 2.05) is 11.1 Å². The molecule has 0 aromatic heterocycles. The molecular formula is C45H60. The van der Waals surface area contributed by atoms with Gasteiger partial charge in [-0.05, 0) is 142 Å². The third-order valence-electron chi connectivity index (χ3n) is 14.4. The van der Waals surface area contributed by atoms with Crippen LogP contribution in [-0.2, 0) is 10.8 Å². The highest BCUT2D eigenvalue weighted by Crippen LogP contribution is 2.71. The summed E-state index contributed by atoms with van der Waals surface area (Å²) in [5.74, 6) is 5.36. The molecule has 2 unspecified atom stereocenters. The van der Waals surface area contributed by atoms with E-state index in [1.54, 1.807) is 16.7 Å². The lowest BCUT2D eigenvalue weighted by atomic mass is 9.47. The van der Waals surface area contributed by atoms with Gasteiger partial charge in [0, 0.05) is 11.3 Å². The predicted molar refractivity (Wildman–Crippen MR) is 192 cm³/mol. The maximum absolute atomic E-state index is 2.91. The Hall–Kier alpha value is -2.08. The van der Waals surface area contributed by atoms with Gasteiger partial charge in [-0.2, -0.15) is 0 Å². The van der Waals surface area contributed by atoms with Crippen molar-refractivity contribution in [1.82, 2.24) is 0 Å². The molecular weight excluding hydrogens is 540 g/mol. The van der Waals surface area contributed by atoms with E-state index in [-0.39, 0.29) is 16.2 Å². The predicted octanol–water partition coefficient (Wildman–Crippen LogP) is 12.6. The maximum atomic E-state index is 2.91. The van der Waals surface area contributed by atoms with Gasteiger partial charge in [-0.15, -0.1) is 0 Å². The van der Waals surface area contributed by atoms with E-state index in [2.05, 4.69) is 112 Å². The fourth-order valence-electron chi connectivity index (χ4n) is 12.4. The first-order valence-corrected chi connectivity index (χ1v) is 18.8. The van der Waals surface area contributed by atoms with Crippen LogP contribution in [0.4, 0.5) is 0 Å². The fraction of sp³-hybridized carbons (Fsp3) is 0.644. The largest absolute Gasteiger partial charge is 0.0622 e. The second kappa shape index (κ2) is 9.73. The third-order valence-corrected chi connectivity index (χ3v) is 14.4.